The van der Waals surface area contributed by atoms with E-state index in [0.29, 0.717) is 35.2 Å². The van der Waals surface area contributed by atoms with Crippen molar-refractivity contribution in [2.45, 2.75) is 19.9 Å². The van der Waals surface area contributed by atoms with Crippen molar-refractivity contribution in [3.05, 3.63) is 59.1 Å². The maximum absolute atomic E-state index is 12.6. The van der Waals surface area contributed by atoms with Gasteiger partial charge >= 0.3 is 6.03 Å². The summed E-state index contributed by atoms with van der Waals surface area (Å²) in [4.78, 5) is 25.9. The van der Waals surface area contributed by atoms with Gasteiger partial charge < -0.3 is 20.3 Å². The third-order valence-corrected chi connectivity index (χ3v) is 3.97. The molecule has 7 heteroatoms. The number of ether oxygens (including phenoxy) is 1. The van der Waals surface area contributed by atoms with E-state index in [4.69, 9.17) is 16.3 Å². The molecule has 0 aliphatic heterocycles. The first-order chi connectivity index (χ1) is 12.9. The minimum atomic E-state index is -0.309. The molecule has 2 aromatic rings. The number of hydrogen-bond acceptors (Lipinski definition) is 3. The molecule has 0 spiro atoms. The summed E-state index contributed by atoms with van der Waals surface area (Å²) < 4.78 is 5.62. The van der Waals surface area contributed by atoms with Crippen LogP contribution in [0.2, 0.25) is 5.02 Å². The molecule has 0 bridgehead atoms. The van der Waals surface area contributed by atoms with E-state index in [0.717, 1.165) is 0 Å². The summed E-state index contributed by atoms with van der Waals surface area (Å²) in [5, 5.41) is 5.99. The smallest absolute Gasteiger partial charge is 0.319 e. The van der Waals surface area contributed by atoms with Crippen LogP contribution >= 0.6 is 11.6 Å². The lowest BCUT2D eigenvalue weighted by Gasteiger charge is -2.18. The van der Waals surface area contributed by atoms with Gasteiger partial charge in [-0.3, -0.25) is 4.79 Å². The zero-order chi connectivity index (χ0) is 19.8. The number of para-hydroxylation sites is 1. The Morgan fingerprint density at radius 3 is 2.59 bits per heavy atom. The molecule has 0 aromatic heterocycles. The van der Waals surface area contributed by atoms with E-state index in [1.807, 2.05) is 26.0 Å². The fourth-order valence-electron chi connectivity index (χ4n) is 2.34. The van der Waals surface area contributed by atoms with Crippen LogP contribution in [0.25, 0.3) is 0 Å². The van der Waals surface area contributed by atoms with Gasteiger partial charge in [0.25, 0.3) is 5.91 Å². The second kappa shape index (κ2) is 9.83. The van der Waals surface area contributed by atoms with Crippen molar-refractivity contribution in [1.82, 2.24) is 10.2 Å². The number of amides is 3. The fourth-order valence-corrected chi connectivity index (χ4v) is 2.53. The minimum absolute atomic E-state index is 0.0269. The first-order valence-electron chi connectivity index (χ1n) is 8.67. The van der Waals surface area contributed by atoms with Crippen LogP contribution in [0, 0.1) is 0 Å². The van der Waals surface area contributed by atoms with Crippen LogP contribution in [0.5, 0.6) is 5.75 Å². The molecule has 0 atom stereocenters. The summed E-state index contributed by atoms with van der Waals surface area (Å²) in [5.41, 5.74) is 1.04. The average molecular weight is 390 g/mol. The second-order valence-corrected chi connectivity index (χ2v) is 6.75. The third-order valence-electron chi connectivity index (χ3n) is 3.65. The van der Waals surface area contributed by atoms with Gasteiger partial charge in [-0.1, -0.05) is 29.8 Å². The number of benzene rings is 2. The van der Waals surface area contributed by atoms with Crippen molar-refractivity contribution < 1.29 is 14.3 Å². The number of anilines is 1. The summed E-state index contributed by atoms with van der Waals surface area (Å²) in [5.74, 6) is 0.424. The van der Waals surface area contributed by atoms with Crippen molar-refractivity contribution in [3.8, 4) is 5.75 Å². The van der Waals surface area contributed by atoms with Crippen LogP contribution in [-0.4, -0.2) is 43.1 Å². The van der Waals surface area contributed by atoms with E-state index in [1.54, 1.807) is 48.3 Å². The summed E-state index contributed by atoms with van der Waals surface area (Å²) >= 11 is 6.04. The Morgan fingerprint density at radius 1 is 1.15 bits per heavy atom. The van der Waals surface area contributed by atoms with Crippen molar-refractivity contribution in [1.29, 1.82) is 0 Å². The van der Waals surface area contributed by atoms with Gasteiger partial charge in [-0.15, -0.1) is 0 Å². The van der Waals surface area contributed by atoms with Crippen LogP contribution in [0.15, 0.2) is 48.5 Å². The fraction of sp³-hybridized carbons (Fsp3) is 0.300. The Labute approximate surface area is 164 Å². The predicted molar refractivity (Wildman–Crippen MR) is 108 cm³/mol. The summed E-state index contributed by atoms with van der Waals surface area (Å²) in [7, 11) is 1.70. The lowest BCUT2D eigenvalue weighted by Crippen LogP contribution is -2.34. The lowest BCUT2D eigenvalue weighted by atomic mass is 10.2. The van der Waals surface area contributed by atoms with Crippen molar-refractivity contribution in [2.24, 2.45) is 0 Å². The van der Waals surface area contributed by atoms with E-state index in [1.165, 1.54) is 0 Å². The summed E-state index contributed by atoms with van der Waals surface area (Å²) in [6.07, 6.45) is 0. The van der Waals surface area contributed by atoms with E-state index in [9.17, 15) is 9.59 Å². The number of nitrogens with zero attached hydrogens (tertiary/aromatic N) is 1. The average Bonchev–Trinajstić information content (AvgIpc) is 2.62. The van der Waals surface area contributed by atoms with Gasteiger partial charge in [0.05, 0.1) is 11.6 Å². The molecule has 0 heterocycles. The Hall–Kier alpha value is -2.73. The highest BCUT2D eigenvalue weighted by Gasteiger charge is 2.13. The molecule has 0 radical (unpaired) electrons. The number of rotatable bonds is 7. The highest BCUT2D eigenvalue weighted by Crippen LogP contribution is 2.23. The van der Waals surface area contributed by atoms with Crippen LogP contribution in [0.1, 0.15) is 24.2 Å². The second-order valence-electron chi connectivity index (χ2n) is 6.34. The molecule has 6 nitrogen and oxygen atoms in total. The number of likely N-dealkylation sites (N-methyl/N-ethyl adjacent to an activating group) is 1. The lowest BCUT2D eigenvalue weighted by molar-refractivity contribution is 0.0774. The Balaban J connectivity index is 1.91. The highest BCUT2D eigenvalue weighted by molar-refractivity contribution is 6.32. The largest absolute Gasteiger partial charge is 0.490 e. The predicted octanol–water partition coefficient (Wildman–Crippen LogP) is 4.02. The van der Waals surface area contributed by atoms with Crippen LogP contribution < -0.4 is 15.4 Å². The molecule has 0 fully saturated rings. The Bertz CT molecular complexity index is 796. The van der Waals surface area contributed by atoms with E-state index < -0.39 is 0 Å². The van der Waals surface area contributed by atoms with Gasteiger partial charge in [-0.25, -0.2) is 4.79 Å². The molecule has 144 valence electrons. The van der Waals surface area contributed by atoms with Crippen molar-refractivity contribution in [2.75, 3.05) is 25.5 Å². The molecule has 27 heavy (non-hydrogen) atoms. The van der Waals surface area contributed by atoms with Gasteiger partial charge in [0, 0.05) is 24.3 Å². The zero-order valence-corrected chi connectivity index (χ0v) is 16.4. The summed E-state index contributed by atoms with van der Waals surface area (Å²) in [6, 6.07) is 13.7. The van der Waals surface area contributed by atoms with Crippen LogP contribution in [0.4, 0.5) is 10.5 Å². The van der Waals surface area contributed by atoms with Gasteiger partial charge in [-0.05, 0) is 44.2 Å². The SMILES string of the molecule is CC(C)NC(=O)Nc1cccc(C(=O)N(C)CCOc2ccccc2Cl)c1. The molecule has 0 unspecified atom stereocenters. The number of carbonyl (C=O) groups is 2. The standard InChI is InChI=1S/C20H24ClN3O3/c1-14(2)22-20(26)23-16-8-6-7-15(13-16)19(25)24(3)11-12-27-18-10-5-4-9-17(18)21/h4-10,13-14H,11-12H2,1-3H3,(H2,22,23,26). The van der Waals surface area contributed by atoms with E-state index in [2.05, 4.69) is 10.6 Å². The van der Waals surface area contributed by atoms with Crippen LogP contribution in [0.3, 0.4) is 0 Å². The monoisotopic (exact) mass is 389 g/mol. The van der Waals surface area contributed by atoms with Crippen molar-refractivity contribution in [3.63, 3.8) is 0 Å². The molecule has 0 aliphatic rings. The molecule has 0 saturated heterocycles. The van der Waals surface area contributed by atoms with E-state index >= 15 is 0 Å². The highest BCUT2D eigenvalue weighted by atomic mass is 35.5. The zero-order valence-electron chi connectivity index (χ0n) is 15.7. The molecule has 0 saturated carbocycles. The molecule has 0 aliphatic carbocycles. The molecule has 2 aromatic carbocycles. The minimum Gasteiger partial charge on any atom is -0.490 e. The first-order valence-corrected chi connectivity index (χ1v) is 9.05. The number of halogens is 1. The number of nitrogens with one attached hydrogen (secondary N) is 2. The quantitative estimate of drug-likeness (QED) is 0.751. The van der Waals surface area contributed by atoms with Crippen molar-refractivity contribution >= 4 is 29.2 Å². The Morgan fingerprint density at radius 2 is 1.89 bits per heavy atom. The number of carbonyl (C=O) groups excluding carboxylic acids is 2. The molecule has 2 rings (SSSR count). The molecular weight excluding hydrogens is 366 g/mol. The van der Waals surface area contributed by atoms with Gasteiger partial charge in [-0.2, -0.15) is 0 Å². The normalized spacial score (nSPS) is 10.4. The topological polar surface area (TPSA) is 70.7 Å². The van der Waals surface area contributed by atoms with Crippen LogP contribution in [-0.2, 0) is 0 Å². The Kier molecular flexibility index (Phi) is 7.49. The first kappa shape index (κ1) is 20.6. The summed E-state index contributed by atoms with van der Waals surface area (Å²) in [6.45, 7) is 4.47. The maximum atomic E-state index is 12.6. The molecule has 2 N–H and O–H groups in total. The van der Waals surface area contributed by atoms with Gasteiger partial charge in [0.1, 0.15) is 12.4 Å². The van der Waals surface area contributed by atoms with Gasteiger partial charge in [0.15, 0.2) is 0 Å². The number of hydrogen-bond donors (Lipinski definition) is 2. The maximum Gasteiger partial charge on any atom is 0.319 e. The van der Waals surface area contributed by atoms with E-state index in [-0.39, 0.29) is 18.0 Å². The molecule has 3 amide bonds. The van der Waals surface area contributed by atoms with Gasteiger partial charge in [0.2, 0.25) is 0 Å². The molecular formula is C20H24ClN3O3. The third kappa shape index (κ3) is 6.49. The number of urea groups is 1.